The van der Waals surface area contributed by atoms with Crippen molar-refractivity contribution in [3.05, 3.63) is 59.4 Å². The van der Waals surface area contributed by atoms with Gasteiger partial charge in [0.15, 0.2) is 24.8 Å². The maximum absolute atomic E-state index is 13.1. The van der Waals surface area contributed by atoms with Crippen LogP contribution in [0.2, 0.25) is 0 Å². The number of nitrogens with one attached hydrogen (secondary N) is 1. The zero-order valence-corrected chi connectivity index (χ0v) is 20.9. The predicted octanol–water partition coefficient (Wildman–Crippen LogP) is 0.403. The van der Waals surface area contributed by atoms with E-state index >= 15 is 0 Å². The van der Waals surface area contributed by atoms with E-state index in [1.54, 1.807) is 6.92 Å². The summed E-state index contributed by atoms with van der Waals surface area (Å²) in [5.41, 5.74) is 7.34. The number of carboxylic acid groups (broad SMARTS) is 1. The number of carbonyl (C=O) groups is 3. The summed E-state index contributed by atoms with van der Waals surface area (Å²) < 4.78 is 1.91. The summed E-state index contributed by atoms with van der Waals surface area (Å²) in [6.45, 7) is 2.25. The van der Waals surface area contributed by atoms with Crippen LogP contribution >= 0.6 is 11.8 Å². The number of carboxylic acids is 1. The Morgan fingerprint density at radius 2 is 2.08 bits per heavy atom. The number of hydrogen-bond acceptors (Lipinski definition) is 9. The summed E-state index contributed by atoms with van der Waals surface area (Å²) >= 11 is 1.39. The van der Waals surface area contributed by atoms with Gasteiger partial charge in [0.2, 0.25) is 5.71 Å². The van der Waals surface area contributed by atoms with E-state index in [9.17, 15) is 19.5 Å². The second-order valence-corrected chi connectivity index (χ2v) is 9.96. The standard InChI is InChI=1S/C24H25N7O5S/c1-2-36-29-17(20-26-8-5-16(25)27-20)21(32)28-18-22(33)31-19(24(34)35)15(12-37-23(18)31)11-30-9-6-14(7-10-30)13-3-4-13/h5-10,13,18,23H,2-4,11-12H2,1H3,(H3-,25,26,27,28,32,34,35)/p+1/t18?,23-/m0/s1. The average Bonchev–Trinajstić information content (AvgIpc) is 3.73. The van der Waals surface area contributed by atoms with Crippen molar-refractivity contribution in [2.45, 2.75) is 43.6 Å². The number of rotatable bonds is 9. The van der Waals surface area contributed by atoms with Crippen molar-refractivity contribution >= 4 is 41.1 Å². The first-order valence-corrected chi connectivity index (χ1v) is 12.9. The fourth-order valence-corrected chi connectivity index (χ4v) is 5.63. The molecular formula is C24H26N7O5S+. The molecule has 2 atom stereocenters. The Morgan fingerprint density at radius 3 is 2.73 bits per heavy atom. The second-order valence-electron chi connectivity index (χ2n) is 8.86. The molecule has 1 aliphatic carbocycles. The third kappa shape index (κ3) is 4.99. The number of nitrogens with two attached hydrogens (primary N) is 1. The highest BCUT2D eigenvalue weighted by atomic mass is 32.2. The van der Waals surface area contributed by atoms with Crippen LogP contribution in [-0.4, -0.2) is 67.2 Å². The number of carbonyl (C=O) groups excluding carboxylic acids is 2. The van der Waals surface area contributed by atoms with Crippen LogP contribution < -0.4 is 15.6 Å². The molecule has 5 rings (SSSR count). The highest BCUT2D eigenvalue weighted by Gasteiger charge is 2.54. The van der Waals surface area contributed by atoms with E-state index in [-0.39, 0.29) is 29.7 Å². The molecule has 3 aliphatic rings. The molecular weight excluding hydrogens is 498 g/mol. The monoisotopic (exact) mass is 524 g/mol. The number of β-lactam (4-membered cyclic amide) rings is 1. The average molecular weight is 525 g/mol. The van der Waals surface area contributed by atoms with E-state index < -0.39 is 29.2 Å². The van der Waals surface area contributed by atoms with Gasteiger partial charge in [0, 0.05) is 29.7 Å². The molecule has 1 saturated heterocycles. The lowest BCUT2D eigenvalue weighted by Gasteiger charge is -2.49. The van der Waals surface area contributed by atoms with E-state index in [2.05, 4.69) is 32.6 Å². The Kier molecular flexibility index (Phi) is 6.78. The number of thioether (sulfide) groups is 1. The van der Waals surface area contributed by atoms with Gasteiger partial charge in [-0.25, -0.2) is 19.3 Å². The van der Waals surface area contributed by atoms with Gasteiger partial charge < -0.3 is 21.0 Å². The van der Waals surface area contributed by atoms with Gasteiger partial charge in [-0.1, -0.05) is 5.16 Å². The summed E-state index contributed by atoms with van der Waals surface area (Å²) in [5.74, 6) is -1.30. The van der Waals surface area contributed by atoms with Crippen LogP contribution in [-0.2, 0) is 25.8 Å². The summed E-state index contributed by atoms with van der Waals surface area (Å²) in [6, 6.07) is 4.64. The lowest BCUT2D eigenvalue weighted by atomic mass is 10.0. The van der Waals surface area contributed by atoms with Gasteiger partial charge in [-0.3, -0.25) is 14.5 Å². The maximum atomic E-state index is 13.1. The van der Waals surface area contributed by atoms with Crippen molar-refractivity contribution in [2.75, 3.05) is 18.1 Å². The van der Waals surface area contributed by atoms with Crippen molar-refractivity contribution in [3.8, 4) is 0 Å². The van der Waals surface area contributed by atoms with E-state index in [1.165, 1.54) is 47.3 Å². The fourth-order valence-electron chi connectivity index (χ4n) is 4.30. The van der Waals surface area contributed by atoms with Crippen LogP contribution in [0.4, 0.5) is 5.82 Å². The summed E-state index contributed by atoms with van der Waals surface area (Å²) in [5, 5.41) is 15.8. The van der Waals surface area contributed by atoms with Gasteiger partial charge in [0.1, 0.15) is 29.5 Å². The van der Waals surface area contributed by atoms with Gasteiger partial charge in [-0.2, -0.15) is 0 Å². The zero-order valence-electron chi connectivity index (χ0n) is 20.0. The van der Waals surface area contributed by atoms with Crippen LogP contribution in [0.25, 0.3) is 0 Å². The maximum Gasteiger partial charge on any atom is 0.352 e. The van der Waals surface area contributed by atoms with Crippen molar-refractivity contribution in [3.63, 3.8) is 0 Å². The molecule has 0 aromatic carbocycles. The second kappa shape index (κ2) is 10.2. The molecule has 13 heteroatoms. The van der Waals surface area contributed by atoms with Crippen molar-refractivity contribution in [2.24, 2.45) is 5.16 Å². The molecule has 0 radical (unpaired) electrons. The number of pyridine rings is 1. The molecule has 1 unspecified atom stereocenters. The molecule has 0 bridgehead atoms. The molecule has 12 nitrogen and oxygen atoms in total. The van der Waals surface area contributed by atoms with E-state index in [4.69, 9.17) is 10.6 Å². The van der Waals surface area contributed by atoms with Crippen LogP contribution in [0, 0.1) is 0 Å². The van der Waals surface area contributed by atoms with Crippen molar-refractivity contribution < 1.29 is 28.9 Å². The van der Waals surface area contributed by atoms with E-state index in [1.807, 2.05) is 17.0 Å². The first-order chi connectivity index (χ1) is 17.9. The van der Waals surface area contributed by atoms with Crippen LogP contribution in [0.5, 0.6) is 0 Å². The lowest BCUT2D eigenvalue weighted by Crippen LogP contribution is -2.71. The van der Waals surface area contributed by atoms with Crippen molar-refractivity contribution in [1.82, 2.24) is 20.2 Å². The molecule has 1 saturated carbocycles. The normalized spacial score (nSPS) is 21.3. The zero-order chi connectivity index (χ0) is 26.1. The number of oxime groups is 1. The molecule has 37 heavy (non-hydrogen) atoms. The number of aliphatic carboxylic acids is 1. The van der Waals surface area contributed by atoms with Crippen molar-refractivity contribution in [1.29, 1.82) is 0 Å². The van der Waals surface area contributed by atoms with Gasteiger partial charge in [0.25, 0.3) is 11.8 Å². The molecule has 192 valence electrons. The van der Waals surface area contributed by atoms with Gasteiger partial charge in [-0.15, -0.1) is 11.8 Å². The number of hydrogen-bond donors (Lipinski definition) is 3. The Balaban J connectivity index is 1.32. The third-order valence-electron chi connectivity index (χ3n) is 6.26. The summed E-state index contributed by atoms with van der Waals surface area (Å²) in [4.78, 5) is 52.6. The molecule has 4 N–H and O–H groups in total. The predicted molar refractivity (Wildman–Crippen MR) is 133 cm³/mol. The Hall–Kier alpha value is -4.00. The molecule has 2 aromatic heterocycles. The molecule has 2 amide bonds. The number of fused-ring (bicyclic) bond motifs is 1. The van der Waals surface area contributed by atoms with Crippen LogP contribution in [0.3, 0.4) is 0 Å². The Morgan fingerprint density at radius 1 is 1.32 bits per heavy atom. The highest BCUT2D eigenvalue weighted by Crippen LogP contribution is 2.41. The first kappa shape index (κ1) is 24.7. The number of amides is 2. The number of nitrogens with zero attached hydrogens (tertiary/aromatic N) is 5. The fraction of sp³-hybridized carbons (Fsp3) is 0.375. The molecule has 2 aliphatic heterocycles. The van der Waals surface area contributed by atoms with Gasteiger partial charge >= 0.3 is 5.97 Å². The topological polar surface area (TPSA) is 164 Å². The number of nitrogen functional groups attached to an aromatic ring is 1. The largest absolute Gasteiger partial charge is 0.477 e. The summed E-state index contributed by atoms with van der Waals surface area (Å²) in [7, 11) is 0. The highest BCUT2D eigenvalue weighted by molar-refractivity contribution is 8.00. The summed E-state index contributed by atoms with van der Waals surface area (Å²) in [6.07, 6.45) is 7.67. The van der Waals surface area contributed by atoms with Crippen LogP contribution in [0.15, 0.2) is 53.2 Å². The SMILES string of the molecule is CCON=C(C(=O)NC1C(=O)N2C(C(=O)O)=C(C[n+]3ccc(C4CC4)cc3)CS[C@@H]12)c1nccc(N)n1. The quantitative estimate of drug-likeness (QED) is 0.182. The van der Waals surface area contributed by atoms with Crippen LogP contribution in [0.1, 0.15) is 37.1 Å². The molecule has 0 spiro atoms. The lowest BCUT2D eigenvalue weighted by molar-refractivity contribution is -0.689. The number of aromatic nitrogens is 3. The Bertz CT molecular complexity index is 1310. The van der Waals surface area contributed by atoms with E-state index in [0.29, 0.717) is 23.8 Å². The van der Waals surface area contributed by atoms with Gasteiger partial charge in [0.05, 0.1) is 0 Å². The minimum absolute atomic E-state index is 0.0413. The van der Waals surface area contributed by atoms with E-state index in [0.717, 1.165) is 0 Å². The third-order valence-corrected chi connectivity index (χ3v) is 7.60. The molecule has 2 aromatic rings. The minimum atomic E-state index is -1.18. The smallest absolute Gasteiger partial charge is 0.352 e. The van der Waals surface area contributed by atoms with Gasteiger partial charge in [-0.05, 0) is 37.3 Å². The molecule has 2 fully saturated rings. The molecule has 4 heterocycles. The Labute approximate surface area is 216 Å². The number of anilines is 1. The minimum Gasteiger partial charge on any atom is -0.477 e. The first-order valence-electron chi connectivity index (χ1n) is 11.9.